The number of hydrogen-bond donors (Lipinski definition) is 0. The first-order chi connectivity index (χ1) is 20.0. The van der Waals surface area contributed by atoms with E-state index in [0.29, 0.717) is 0 Å². The van der Waals surface area contributed by atoms with Gasteiger partial charge in [0.15, 0.2) is 43.3 Å². The van der Waals surface area contributed by atoms with E-state index in [-0.39, 0.29) is 36.4 Å². The van der Waals surface area contributed by atoms with Crippen LogP contribution in [0.2, 0.25) is 18.1 Å². The SMILES string of the molecule is CC[Si](CC)(CC)O[C@H]1C[C@H]2OC[C@@]2(OC(C)=O)[C@H]2[C@@H]3OC(=O)O[C@]34CC(=O)C(C)=C([C@@H](OC(C)=O)C(=O)[C@]12C)C4(C)C. The summed E-state index contributed by atoms with van der Waals surface area (Å²) >= 11 is 0. The Morgan fingerprint density at radius 3 is 2.14 bits per heavy atom. The van der Waals surface area contributed by atoms with Crippen molar-refractivity contribution in [1.29, 1.82) is 0 Å². The topological polar surface area (TPSA) is 141 Å². The average Bonchev–Trinajstić information content (AvgIpc) is 3.25. The fourth-order valence-corrected chi connectivity index (χ4v) is 11.8. The molecule has 1 spiro atoms. The Hall–Kier alpha value is -2.57. The number of fused-ring (bicyclic) bond motifs is 5. The molecule has 0 aromatic rings. The quantitative estimate of drug-likeness (QED) is 0.230. The highest BCUT2D eigenvalue weighted by Crippen LogP contribution is 2.66. The van der Waals surface area contributed by atoms with Crippen LogP contribution >= 0.6 is 0 Å². The maximum Gasteiger partial charge on any atom is 0.509 e. The van der Waals surface area contributed by atoms with Gasteiger partial charge in [0.2, 0.25) is 0 Å². The van der Waals surface area contributed by atoms with Crippen molar-refractivity contribution in [2.75, 3.05) is 6.61 Å². The minimum atomic E-state index is -2.38. The lowest BCUT2D eigenvalue weighted by molar-refractivity contribution is -0.334. The molecule has 0 aromatic heterocycles. The number of ether oxygens (including phenoxy) is 5. The Morgan fingerprint density at radius 1 is 1.00 bits per heavy atom. The normalized spacial score (nSPS) is 39.7. The maximum atomic E-state index is 15.3. The van der Waals surface area contributed by atoms with Crippen LogP contribution in [-0.2, 0) is 47.3 Å². The van der Waals surface area contributed by atoms with Crippen LogP contribution in [0, 0.1) is 16.7 Å². The van der Waals surface area contributed by atoms with Gasteiger partial charge in [-0.15, -0.1) is 0 Å². The molecule has 0 aromatic carbocycles. The largest absolute Gasteiger partial charge is 0.509 e. The van der Waals surface area contributed by atoms with Crippen molar-refractivity contribution >= 4 is 38.0 Å². The Balaban J connectivity index is 1.87. The van der Waals surface area contributed by atoms with Gasteiger partial charge in [0.25, 0.3) is 0 Å². The number of carbonyl (C=O) groups is 5. The van der Waals surface area contributed by atoms with E-state index in [1.54, 1.807) is 27.7 Å². The van der Waals surface area contributed by atoms with Crippen LogP contribution in [-0.4, -0.2) is 80.2 Å². The number of hydrogen-bond acceptors (Lipinski definition) is 11. The van der Waals surface area contributed by atoms with Crippen LogP contribution in [0.15, 0.2) is 11.1 Å². The molecule has 12 heteroatoms. The molecule has 4 fully saturated rings. The Morgan fingerprint density at radius 2 is 1.63 bits per heavy atom. The van der Waals surface area contributed by atoms with Crippen molar-refractivity contribution < 1.29 is 52.1 Å². The van der Waals surface area contributed by atoms with Gasteiger partial charge in [-0.25, -0.2) is 4.79 Å². The number of carbonyl (C=O) groups excluding carboxylic acids is 5. The number of allylic oxidation sites excluding steroid dienone is 1. The van der Waals surface area contributed by atoms with Crippen molar-refractivity contribution in [2.45, 2.75) is 129 Å². The molecule has 8 atom stereocenters. The molecule has 5 rings (SSSR count). The van der Waals surface area contributed by atoms with Crippen LogP contribution in [0.1, 0.15) is 75.2 Å². The first-order valence-electron chi connectivity index (χ1n) is 15.3. The third-order valence-corrected chi connectivity index (χ3v) is 16.2. The molecule has 2 bridgehead atoms. The third-order valence-electron chi connectivity index (χ3n) is 11.5. The number of ketones is 2. The molecule has 5 aliphatic rings. The molecular weight excluding hydrogens is 576 g/mol. The Kier molecular flexibility index (Phi) is 7.58. The zero-order valence-electron chi connectivity index (χ0n) is 26.6. The second-order valence-electron chi connectivity index (χ2n) is 13.6. The van der Waals surface area contributed by atoms with Gasteiger partial charge in [-0.3, -0.25) is 19.2 Å². The van der Waals surface area contributed by atoms with E-state index in [1.165, 1.54) is 13.8 Å². The molecule has 3 aliphatic carbocycles. The second-order valence-corrected chi connectivity index (χ2v) is 18.3. The zero-order valence-corrected chi connectivity index (χ0v) is 27.6. The maximum absolute atomic E-state index is 15.3. The lowest BCUT2D eigenvalue weighted by atomic mass is 9.45. The van der Waals surface area contributed by atoms with Crippen LogP contribution < -0.4 is 0 Å². The van der Waals surface area contributed by atoms with Gasteiger partial charge in [-0.1, -0.05) is 34.6 Å². The fourth-order valence-electron chi connectivity index (χ4n) is 8.89. The summed E-state index contributed by atoms with van der Waals surface area (Å²) in [7, 11) is -2.38. The van der Waals surface area contributed by atoms with Crippen molar-refractivity contribution in [1.82, 2.24) is 0 Å². The molecule has 43 heavy (non-hydrogen) atoms. The summed E-state index contributed by atoms with van der Waals surface area (Å²) in [6, 6.07) is 2.41. The van der Waals surface area contributed by atoms with E-state index in [9.17, 15) is 19.2 Å². The number of esters is 2. The van der Waals surface area contributed by atoms with E-state index in [2.05, 4.69) is 20.8 Å². The van der Waals surface area contributed by atoms with Crippen molar-refractivity contribution in [3.05, 3.63) is 11.1 Å². The molecule has 0 N–H and O–H groups in total. The molecule has 0 unspecified atom stereocenters. The minimum absolute atomic E-state index is 0.0477. The summed E-state index contributed by atoms with van der Waals surface area (Å²) in [6.45, 7) is 15.6. The molecule has 2 aliphatic heterocycles. The summed E-state index contributed by atoms with van der Waals surface area (Å²) in [6.07, 6.45) is -5.03. The number of rotatable bonds is 7. The zero-order chi connectivity index (χ0) is 31.9. The number of Topliss-reactive ketones (excluding diaryl/α,β-unsaturated/α-hetero) is 2. The Bertz CT molecular complexity index is 1290. The van der Waals surface area contributed by atoms with Gasteiger partial charge >= 0.3 is 18.1 Å². The summed E-state index contributed by atoms with van der Waals surface area (Å²) in [4.78, 5) is 67.5. The van der Waals surface area contributed by atoms with Crippen LogP contribution in [0.3, 0.4) is 0 Å². The molecule has 0 amide bonds. The van der Waals surface area contributed by atoms with Gasteiger partial charge in [0.1, 0.15) is 6.10 Å². The second kappa shape index (κ2) is 10.2. The van der Waals surface area contributed by atoms with Crippen LogP contribution in [0.4, 0.5) is 4.79 Å². The van der Waals surface area contributed by atoms with Gasteiger partial charge in [0.05, 0.1) is 30.5 Å². The summed E-state index contributed by atoms with van der Waals surface area (Å²) < 4.78 is 37.2. The lowest BCUT2D eigenvalue weighted by Crippen LogP contribution is -2.81. The third kappa shape index (κ3) is 4.15. The van der Waals surface area contributed by atoms with Crippen LogP contribution in [0.25, 0.3) is 0 Å². The predicted molar refractivity (Wildman–Crippen MR) is 153 cm³/mol. The molecule has 2 heterocycles. The van der Waals surface area contributed by atoms with E-state index < -0.39 is 84.6 Å². The van der Waals surface area contributed by atoms with E-state index >= 15 is 4.79 Å². The molecular formula is C31H44O11Si. The first kappa shape index (κ1) is 31.8. The highest BCUT2D eigenvalue weighted by Gasteiger charge is 2.81. The predicted octanol–water partition coefficient (Wildman–Crippen LogP) is 4.21. The minimum Gasteiger partial charge on any atom is -0.454 e. The van der Waals surface area contributed by atoms with Gasteiger partial charge < -0.3 is 28.1 Å². The highest BCUT2D eigenvalue weighted by molar-refractivity contribution is 6.73. The molecule has 238 valence electrons. The highest BCUT2D eigenvalue weighted by atomic mass is 28.4. The molecule has 0 radical (unpaired) electrons. The van der Waals surface area contributed by atoms with Gasteiger partial charge in [0, 0.05) is 25.7 Å². The molecule has 2 saturated carbocycles. The van der Waals surface area contributed by atoms with E-state index in [1.807, 2.05) is 0 Å². The van der Waals surface area contributed by atoms with Crippen molar-refractivity contribution in [3.63, 3.8) is 0 Å². The standard InChI is InChI=1S/C31H44O11Si/c1-10-43(11-2,12-3)42-20-13-21-30(15-37-21,40-18(6)33)24-26-31(41-27(36)39-26)14-19(34)16(4)22(28(31,7)8)23(38-17(5)32)25(35)29(20,24)9/h20-21,23-24,26H,10-15H2,1-9H3/t20-,21+,23+,24-,26-,29+,30-,31+/m0/s1. The smallest absolute Gasteiger partial charge is 0.454 e. The lowest BCUT2D eigenvalue weighted by Gasteiger charge is -2.66. The summed E-state index contributed by atoms with van der Waals surface area (Å²) in [5.74, 6) is -3.18. The summed E-state index contributed by atoms with van der Waals surface area (Å²) in [5, 5.41) is 0. The molecule has 11 nitrogen and oxygen atoms in total. The molecule has 2 saturated heterocycles. The van der Waals surface area contributed by atoms with Crippen LogP contribution in [0.5, 0.6) is 0 Å². The van der Waals surface area contributed by atoms with E-state index in [4.69, 9.17) is 28.1 Å². The first-order valence-corrected chi connectivity index (χ1v) is 17.9. The van der Waals surface area contributed by atoms with Crippen molar-refractivity contribution in [2.24, 2.45) is 16.7 Å². The fraction of sp³-hybridized carbons (Fsp3) is 0.774. The van der Waals surface area contributed by atoms with Crippen molar-refractivity contribution in [3.8, 4) is 0 Å². The van der Waals surface area contributed by atoms with Gasteiger partial charge in [-0.2, -0.15) is 0 Å². The Labute approximate surface area is 253 Å². The average molecular weight is 621 g/mol. The monoisotopic (exact) mass is 620 g/mol. The van der Waals surface area contributed by atoms with E-state index in [0.717, 1.165) is 18.1 Å². The summed E-state index contributed by atoms with van der Waals surface area (Å²) in [5.41, 5.74) is -5.12. The van der Waals surface area contributed by atoms with Gasteiger partial charge in [-0.05, 0) is 43.1 Å².